The Morgan fingerprint density at radius 3 is 2.56 bits per heavy atom. The van der Waals surface area contributed by atoms with Gasteiger partial charge in [0.1, 0.15) is 11.4 Å². The van der Waals surface area contributed by atoms with Crippen LogP contribution in [0.3, 0.4) is 0 Å². The zero-order valence-electron chi connectivity index (χ0n) is 17.5. The highest BCUT2D eigenvalue weighted by Gasteiger charge is 2.24. The van der Waals surface area contributed by atoms with Crippen LogP contribution in [0.1, 0.15) is 29.7 Å². The van der Waals surface area contributed by atoms with E-state index in [0.29, 0.717) is 6.54 Å². The molecule has 0 unspecified atom stereocenters. The number of aromatic nitrogens is 3. The van der Waals surface area contributed by atoms with Gasteiger partial charge in [-0.25, -0.2) is 4.98 Å². The number of benzene rings is 2. The molecule has 2 aliphatic rings. The Balaban J connectivity index is 1.60. The van der Waals surface area contributed by atoms with Gasteiger partial charge in [-0.1, -0.05) is 0 Å². The molecule has 0 saturated heterocycles. The van der Waals surface area contributed by atoms with Crippen LogP contribution in [-0.2, 0) is 12.8 Å². The number of aromatic hydroxyl groups is 1. The molecule has 0 saturated carbocycles. The summed E-state index contributed by atoms with van der Waals surface area (Å²) < 4.78 is 0. The molecular weight excluding hydrogens is 404 g/mol. The number of H-pyrrole nitrogens is 1. The molecule has 2 aromatic carbocycles. The molecule has 0 spiro atoms. The number of fused-ring (bicyclic) bond motifs is 5. The molecule has 4 aromatic rings. The SMILES string of the molecule is OCCN1C=C(c2n[nH]c3ccc4nc(-c5ccc(O)cc5)c5c(c4c23)CCCC5)NN1. The molecule has 2 aromatic heterocycles. The maximum Gasteiger partial charge on any atom is 0.119 e. The number of hydrogen-bond donors (Lipinski definition) is 5. The van der Waals surface area contributed by atoms with E-state index in [0.717, 1.165) is 70.1 Å². The summed E-state index contributed by atoms with van der Waals surface area (Å²) in [6.45, 7) is 0.534. The number of hydrazine groups is 2. The van der Waals surface area contributed by atoms with Gasteiger partial charge in [-0.05, 0) is 73.2 Å². The molecule has 6 rings (SSSR count). The fourth-order valence-electron chi connectivity index (χ4n) is 4.89. The Morgan fingerprint density at radius 1 is 0.938 bits per heavy atom. The number of hydrogen-bond acceptors (Lipinski definition) is 7. The van der Waals surface area contributed by atoms with Crippen molar-refractivity contribution < 1.29 is 10.2 Å². The Labute approximate surface area is 184 Å². The normalized spacial score (nSPS) is 15.8. The first kappa shape index (κ1) is 19.1. The van der Waals surface area contributed by atoms with Crippen molar-refractivity contribution >= 4 is 27.5 Å². The van der Waals surface area contributed by atoms with Crippen molar-refractivity contribution in [3.63, 3.8) is 0 Å². The van der Waals surface area contributed by atoms with Gasteiger partial charge in [0, 0.05) is 22.5 Å². The fraction of sp³-hybridized carbons (Fsp3) is 0.250. The monoisotopic (exact) mass is 428 g/mol. The van der Waals surface area contributed by atoms with Crippen LogP contribution in [0.5, 0.6) is 5.75 Å². The van der Waals surface area contributed by atoms with E-state index in [-0.39, 0.29) is 12.4 Å². The van der Waals surface area contributed by atoms with E-state index in [1.807, 2.05) is 24.4 Å². The van der Waals surface area contributed by atoms with Gasteiger partial charge in [0.15, 0.2) is 0 Å². The second-order valence-corrected chi connectivity index (χ2v) is 8.32. The molecule has 8 nitrogen and oxygen atoms in total. The predicted molar refractivity (Wildman–Crippen MR) is 123 cm³/mol. The van der Waals surface area contributed by atoms with Gasteiger partial charge in [0.2, 0.25) is 0 Å². The number of phenolic OH excluding ortho intramolecular Hbond substituents is 1. The first-order chi connectivity index (χ1) is 15.7. The second-order valence-electron chi connectivity index (χ2n) is 8.32. The molecule has 0 bridgehead atoms. The number of β-amino-alcohol motifs (C(OH)–C–C–N with tert-alkyl or cyclic N) is 1. The number of phenols is 1. The van der Waals surface area contributed by atoms with Crippen molar-refractivity contribution in [1.29, 1.82) is 0 Å². The molecule has 0 atom stereocenters. The third-order valence-electron chi connectivity index (χ3n) is 6.35. The van der Waals surface area contributed by atoms with Gasteiger partial charge in [-0.15, -0.1) is 5.53 Å². The van der Waals surface area contributed by atoms with Crippen LogP contribution in [0.4, 0.5) is 0 Å². The van der Waals surface area contributed by atoms with Crippen molar-refractivity contribution in [2.45, 2.75) is 25.7 Å². The number of aliphatic hydroxyl groups is 1. The van der Waals surface area contributed by atoms with E-state index in [1.165, 1.54) is 11.1 Å². The zero-order valence-corrected chi connectivity index (χ0v) is 17.5. The van der Waals surface area contributed by atoms with Gasteiger partial charge >= 0.3 is 0 Å². The Kier molecular flexibility index (Phi) is 4.48. The van der Waals surface area contributed by atoms with Crippen LogP contribution in [-0.4, -0.2) is 43.6 Å². The van der Waals surface area contributed by atoms with Crippen LogP contribution >= 0.6 is 0 Å². The van der Waals surface area contributed by atoms with Crippen LogP contribution in [0.15, 0.2) is 42.6 Å². The molecular formula is C24H24N6O2. The molecule has 162 valence electrons. The highest BCUT2D eigenvalue weighted by Crippen LogP contribution is 2.39. The van der Waals surface area contributed by atoms with Gasteiger partial charge in [0.25, 0.3) is 0 Å². The van der Waals surface area contributed by atoms with Crippen molar-refractivity contribution in [3.8, 4) is 17.0 Å². The van der Waals surface area contributed by atoms with Crippen LogP contribution < -0.4 is 11.0 Å². The molecule has 0 amide bonds. The summed E-state index contributed by atoms with van der Waals surface area (Å²) in [5.41, 5.74) is 14.5. The van der Waals surface area contributed by atoms with E-state index >= 15 is 0 Å². The minimum absolute atomic E-state index is 0.0557. The number of aromatic amines is 1. The lowest BCUT2D eigenvalue weighted by Crippen LogP contribution is -2.37. The van der Waals surface area contributed by atoms with E-state index < -0.39 is 0 Å². The molecule has 8 heteroatoms. The molecule has 5 N–H and O–H groups in total. The highest BCUT2D eigenvalue weighted by atomic mass is 16.3. The topological polar surface area (TPSA) is 109 Å². The van der Waals surface area contributed by atoms with Gasteiger partial charge in [-0.2, -0.15) is 5.10 Å². The molecule has 0 radical (unpaired) electrons. The first-order valence-electron chi connectivity index (χ1n) is 11.0. The van der Waals surface area contributed by atoms with Gasteiger partial charge in [-0.3, -0.25) is 10.1 Å². The summed E-state index contributed by atoms with van der Waals surface area (Å²) >= 11 is 0. The quantitative estimate of drug-likeness (QED) is 0.340. The molecule has 1 aliphatic heterocycles. The summed E-state index contributed by atoms with van der Waals surface area (Å²) in [5.74, 6) is 0.259. The molecule has 0 fully saturated rings. The minimum Gasteiger partial charge on any atom is -0.508 e. The third kappa shape index (κ3) is 2.99. The number of aryl methyl sites for hydroxylation is 1. The Hall–Kier alpha value is -3.62. The van der Waals surface area contributed by atoms with E-state index in [4.69, 9.17) is 4.98 Å². The van der Waals surface area contributed by atoms with Crippen LogP contribution in [0.2, 0.25) is 0 Å². The fourth-order valence-corrected chi connectivity index (χ4v) is 4.89. The number of nitrogens with one attached hydrogen (secondary N) is 3. The number of aliphatic hydroxyl groups excluding tert-OH is 1. The van der Waals surface area contributed by atoms with Crippen molar-refractivity contribution in [1.82, 2.24) is 31.2 Å². The maximum absolute atomic E-state index is 9.73. The Bertz CT molecular complexity index is 1360. The average molecular weight is 428 g/mol. The lowest BCUT2D eigenvalue weighted by Gasteiger charge is -2.22. The van der Waals surface area contributed by atoms with Gasteiger partial charge < -0.3 is 15.6 Å². The number of rotatable bonds is 4. The first-order valence-corrected chi connectivity index (χ1v) is 11.0. The Morgan fingerprint density at radius 2 is 1.75 bits per heavy atom. The van der Waals surface area contributed by atoms with Crippen molar-refractivity contribution in [3.05, 3.63) is 59.4 Å². The van der Waals surface area contributed by atoms with Crippen LogP contribution in [0.25, 0.3) is 38.8 Å². The largest absolute Gasteiger partial charge is 0.508 e. The van der Waals surface area contributed by atoms with Crippen LogP contribution in [0, 0.1) is 0 Å². The predicted octanol–water partition coefficient (Wildman–Crippen LogP) is 2.98. The third-order valence-corrected chi connectivity index (χ3v) is 6.35. The minimum atomic E-state index is 0.0557. The zero-order chi connectivity index (χ0) is 21.7. The molecule has 32 heavy (non-hydrogen) atoms. The second kappa shape index (κ2) is 7.51. The lowest BCUT2D eigenvalue weighted by atomic mass is 9.85. The van der Waals surface area contributed by atoms with Crippen molar-refractivity contribution in [2.24, 2.45) is 0 Å². The van der Waals surface area contributed by atoms with E-state index in [9.17, 15) is 10.2 Å². The smallest absolute Gasteiger partial charge is 0.119 e. The number of nitrogens with zero attached hydrogens (tertiary/aromatic N) is 3. The molecule has 1 aliphatic carbocycles. The summed E-state index contributed by atoms with van der Waals surface area (Å²) in [4.78, 5) is 5.11. The highest BCUT2D eigenvalue weighted by molar-refractivity contribution is 6.12. The standard InChI is InChI=1S/C24H24N6O2/c31-12-11-30-13-20(27-29-30)24-22-19(26-28-24)10-9-18-21(22)16-3-1-2-4-17(16)23(25-18)14-5-7-15(32)8-6-14/h5-10,13,27,29,31-32H,1-4,11-12H2,(H,26,28). The summed E-state index contributed by atoms with van der Waals surface area (Å²) in [6, 6.07) is 11.4. The van der Waals surface area contributed by atoms with E-state index in [1.54, 1.807) is 17.1 Å². The van der Waals surface area contributed by atoms with E-state index in [2.05, 4.69) is 27.2 Å². The number of pyridine rings is 1. The molecule has 3 heterocycles. The average Bonchev–Trinajstić information content (AvgIpc) is 3.46. The summed E-state index contributed by atoms with van der Waals surface area (Å²) in [5, 5.41) is 30.8. The van der Waals surface area contributed by atoms with Gasteiger partial charge in [0.05, 0.1) is 35.6 Å². The van der Waals surface area contributed by atoms with Crippen molar-refractivity contribution in [2.75, 3.05) is 13.2 Å². The maximum atomic E-state index is 9.73. The summed E-state index contributed by atoms with van der Waals surface area (Å²) in [6.07, 6.45) is 6.22. The summed E-state index contributed by atoms with van der Waals surface area (Å²) in [7, 11) is 0. The lowest BCUT2D eigenvalue weighted by molar-refractivity contribution is 0.196.